The van der Waals surface area contributed by atoms with Crippen LogP contribution in [0.1, 0.15) is 25.0 Å². The lowest BCUT2D eigenvalue weighted by atomic mass is 10.2. The Balaban J connectivity index is 1.67. The second kappa shape index (κ2) is 8.41. The molecule has 0 bridgehead atoms. The molecule has 1 aromatic heterocycles. The minimum atomic E-state index is 0.515. The largest absolute Gasteiger partial charge is 0.493 e. The molecule has 2 aromatic carbocycles. The maximum Gasteiger partial charge on any atom is 0.191 e. The normalized spacial score (nSPS) is 11.1. The standard InChI is InChI=1S/C21H25N3OS/c1-15(2)13-25-19-11-9-18(10-12-19)20-22-23-21(24(20)4)26-14-17-7-5-16(3)6-8-17/h5-12,15H,13-14H2,1-4H3. The van der Waals surface area contributed by atoms with Crippen LogP contribution < -0.4 is 4.74 Å². The zero-order valence-corrected chi connectivity index (χ0v) is 16.6. The molecule has 0 atom stereocenters. The molecule has 26 heavy (non-hydrogen) atoms. The molecule has 0 amide bonds. The molecule has 0 unspecified atom stereocenters. The van der Waals surface area contributed by atoms with E-state index in [1.54, 1.807) is 11.8 Å². The van der Waals surface area contributed by atoms with Crippen molar-refractivity contribution < 1.29 is 4.74 Å². The van der Waals surface area contributed by atoms with Crippen LogP contribution >= 0.6 is 11.8 Å². The molecule has 0 aliphatic carbocycles. The van der Waals surface area contributed by atoms with Crippen LogP contribution in [0.5, 0.6) is 5.75 Å². The summed E-state index contributed by atoms with van der Waals surface area (Å²) in [6.45, 7) is 7.11. The predicted molar refractivity (Wildman–Crippen MR) is 108 cm³/mol. The van der Waals surface area contributed by atoms with Gasteiger partial charge in [-0.25, -0.2) is 0 Å². The SMILES string of the molecule is Cc1ccc(CSc2nnc(-c3ccc(OCC(C)C)cc3)n2C)cc1. The molecular weight excluding hydrogens is 342 g/mol. The van der Waals surface area contributed by atoms with E-state index in [1.165, 1.54) is 11.1 Å². The van der Waals surface area contributed by atoms with E-state index in [-0.39, 0.29) is 0 Å². The molecule has 1 heterocycles. The summed E-state index contributed by atoms with van der Waals surface area (Å²) in [5, 5.41) is 9.64. The summed E-state index contributed by atoms with van der Waals surface area (Å²) in [4.78, 5) is 0. The number of nitrogens with zero attached hydrogens (tertiary/aromatic N) is 3. The molecule has 0 aliphatic heterocycles. The van der Waals surface area contributed by atoms with Crippen LogP contribution in [-0.2, 0) is 12.8 Å². The van der Waals surface area contributed by atoms with Gasteiger partial charge in [-0.3, -0.25) is 0 Å². The van der Waals surface area contributed by atoms with Crippen molar-refractivity contribution >= 4 is 11.8 Å². The molecule has 0 fully saturated rings. The second-order valence-corrected chi connectivity index (χ2v) is 7.81. The van der Waals surface area contributed by atoms with Crippen molar-refractivity contribution in [3.05, 3.63) is 59.7 Å². The summed E-state index contributed by atoms with van der Waals surface area (Å²) in [5.41, 5.74) is 3.61. The molecule has 3 aromatic rings. The quantitative estimate of drug-likeness (QED) is 0.544. The Morgan fingerprint density at radius 2 is 1.69 bits per heavy atom. The molecule has 3 rings (SSSR count). The maximum absolute atomic E-state index is 5.74. The van der Waals surface area contributed by atoms with Gasteiger partial charge in [-0.05, 0) is 42.7 Å². The first-order valence-electron chi connectivity index (χ1n) is 8.84. The molecule has 5 heteroatoms. The van der Waals surface area contributed by atoms with Gasteiger partial charge in [0, 0.05) is 18.4 Å². The molecular formula is C21H25N3OS. The Morgan fingerprint density at radius 1 is 1.00 bits per heavy atom. The van der Waals surface area contributed by atoms with Crippen LogP contribution in [0.2, 0.25) is 0 Å². The number of hydrogen-bond donors (Lipinski definition) is 0. The van der Waals surface area contributed by atoms with Gasteiger partial charge in [-0.1, -0.05) is 55.4 Å². The van der Waals surface area contributed by atoms with Crippen LogP contribution in [0.3, 0.4) is 0 Å². The van der Waals surface area contributed by atoms with Crippen molar-refractivity contribution in [1.29, 1.82) is 0 Å². The van der Waals surface area contributed by atoms with Gasteiger partial charge >= 0.3 is 0 Å². The van der Waals surface area contributed by atoms with Crippen molar-refractivity contribution in [2.45, 2.75) is 31.7 Å². The average Bonchev–Trinajstić information content (AvgIpc) is 3.00. The minimum absolute atomic E-state index is 0.515. The lowest BCUT2D eigenvalue weighted by molar-refractivity contribution is 0.271. The molecule has 0 spiro atoms. The van der Waals surface area contributed by atoms with Gasteiger partial charge in [-0.2, -0.15) is 0 Å². The van der Waals surface area contributed by atoms with Crippen LogP contribution in [-0.4, -0.2) is 21.4 Å². The van der Waals surface area contributed by atoms with Crippen molar-refractivity contribution in [3.63, 3.8) is 0 Å². The zero-order valence-electron chi connectivity index (χ0n) is 15.8. The summed E-state index contributed by atoms with van der Waals surface area (Å²) >= 11 is 1.70. The molecule has 136 valence electrons. The van der Waals surface area contributed by atoms with E-state index in [1.807, 2.05) is 35.9 Å². The number of rotatable bonds is 7. The Bertz CT molecular complexity index is 839. The number of aromatic nitrogens is 3. The fraction of sp³-hybridized carbons (Fsp3) is 0.333. The van der Waals surface area contributed by atoms with Crippen LogP contribution in [0, 0.1) is 12.8 Å². The third kappa shape index (κ3) is 4.67. The van der Waals surface area contributed by atoms with Crippen molar-refractivity contribution in [1.82, 2.24) is 14.8 Å². The highest BCUT2D eigenvalue weighted by Gasteiger charge is 2.11. The van der Waals surface area contributed by atoms with E-state index < -0.39 is 0 Å². The number of benzene rings is 2. The van der Waals surface area contributed by atoms with Crippen molar-refractivity contribution in [2.24, 2.45) is 13.0 Å². The Morgan fingerprint density at radius 3 is 2.35 bits per heavy atom. The summed E-state index contributed by atoms with van der Waals surface area (Å²) in [6.07, 6.45) is 0. The van der Waals surface area contributed by atoms with Gasteiger partial charge in [0.1, 0.15) is 5.75 Å². The average molecular weight is 368 g/mol. The van der Waals surface area contributed by atoms with E-state index in [2.05, 4.69) is 55.2 Å². The van der Waals surface area contributed by atoms with E-state index in [4.69, 9.17) is 4.74 Å². The lowest BCUT2D eigenvalue weighted by Crippen LogP contribution is -2.04. The zero-order chi connectivity index (χ0) is 18.5. The smallest absolute Gasteiger partial charge is 0.191 e. The van der Waals surface area contributed by atoms with Crippen molar-refractivity contribution in [2.75, 3.05) is 6.61 Å². The fourth-order valence-corrected chi connectivity index (χ4v) is 3.35. The minimum Gasteiger partial charge on any atom is -0.493 e. The summed E-state index contributed by atoms with van der Waals surface area (Å²) in [7, 11) is 2.01. The van der Waals surface area contributed by atoms with E-state index in [0.717, 1.165) is 34.7 Å². The third-order valence-electron chi connectivity index (χ3n) is 4.02. The highest BCUT2D eigenvalue weighted by Crippen LogP contribution is 2.26. The van der Waals surface area contributed by atoms with Gasteiger partial charge in [0.2, 0.25) is 0 Å². The fourth-order valence-electron chi connectivity index (χ4n) is 2.49. The van der Waals surface area contributed by atoms with E-state index in [0.29, 0.717) is 5.92 Å². The number of thioether (sulfide) groups is 1. The maximum atomic E-state index is 5.74. The van der Waals surface area contributed by atoms with Gasteiger partial charge in [0.25, 0.3) is 0 Å². The van der Waals surface area contributed by atoms with Gasteiger partial charge in [0.05, 0.1) is 6.61 Å². The van der Waals surface area contributed by atoms with Crippen LogP contribution in [0.25, 0.3) is 11.4 Å². The monoisotopic (exact) mass is 367 g/mol. The first-order chi connectivity index (χ1) is 12.5. The summed E-state index contributed by atoms with van der Waals surface area (Å²) in [6, 6.07) is 16.7. The molecule has 0 radical (unpaired) electrons. The van der Waals surface area contributed by atoms with Crippen molar-refractivity contribution in [3.8, 4) is 17.1 Å². The first kappa shape index (κ1) is 18.5. The number of ether oxygens (including phenoxy) is 1. The third-order valence-corrected chi connectivity index (χ3v) is 5.11. The Kier molecular flexibility index (Phi) is 5.99. The van der Waals surface area contributed by atoms with E-state index >= 15 is 0 Å². The van der Waals surface area contributed by atoms with Gasteiger partial charge in [-0.15, -0.1) is 10.2 Å². The molecule has 4 nitrogen and oxygen atoms in total. The lowest BCUT2D eigenvalue weighted by Gasteiger charge is -2.09. The molecule has 0 saturated carbocycles. The van der Waals surface area contributed by atoms with Gasteiger partial charge in [0.15, 0.2) is 11.0 Å². The Labute approximate surface area is 159 Å². The summed E-state index contributed by atoms with van der Waals surface area (Å²) in [5.74, 6) is 3.15. The van der Waals surface area contributed by atoms with E-state index in [9.17, 15) is 0 Å². The highest BCUT2D eigenvalue weighted by molar-refractivity contribution is 7.98. The van der Waals surface area contributed by atoms with Crippen LogP contribution in [0.4, 0.5) is 0 Å². The first-order valence-corrected chi connectivity index (χ1v) is 9.82. The number of aryl methyl sites for hydroxylation is 1. The molecule has 0 N–H and O–H groups in total. The molecule has 0 saturated heterocycles. The van der Waals surface area contributed by atoms with Gasteiger partial charge < -0.3 is 9.30 Å². The number of hydrogen-bond acceptors (Lipinski definition) is 4. The predicted octanol–water partition coefficient (Wildman–Crippen LogP) is 5.12. The topological polar surface area (TPSA) is 39.9 Å². The second-order valence-electron chi connectivity index (χ2n) is 6.87. The van der Waals surface area contributed by atoms with Crippen LogP contribution in [0.15, 0.2) is 53.7 Å². The summed E-state index contributed by atoms with van der Waals surface area (Å²) < 4.78 is 7.79. The Hall–Kier alpha value is -2.27. The highest BCUT2D eigenvalue weighted by atomic mass is 32.2. The molecule has 0 aliphatic rings.